The largest absolute Gasteiger partial charge is 0.276 e. The maximum Gasteiger partial charge on any atom is 0.252 e. The molecule has 0 spiro atoms. The molecule has 0 atom stereocenters. The van der Waals surface area contributed by atoms with Gasteiger partial charge < -0.3 is 0 Å². The zero-order valence-electron chi connectivity index (χ0n) is 5.27. The van der Waals surface area contributed by atoms with Gasteiger partial charge in [-0.05, 0) is 29.8 Å². The van der Waals surface area contributed by atoms with Gasteiger partial charge in [0.05, 0.1) is 0 Å². The maximum atomic E-state index is 12.5. The number of benzene rings is 1. The van der Waals surface area contributed by atoms with Crippen molar-refractivity contribution in [1.29, 1.82) is 0 Å². The number of halogens is 3. The van der Waals surface area contributed by atoms with Crippen molar-refractivity contribution in [1.82, 2.24) is 0 Å². The van der Waals surface area contributed by atoms with Crippen molar-refractivity contribution in [2.75, 3.05) is 0 Å². The van der Waals surface area contributed by atoms with E-state index < -0.39 is 11.1 Å². The number of rotatable bonds is 1. The lowest BCUT2D eigenvalue weighted by Crippen LogP contribution is -1.89. The van der Waals surface area contributed by atoms with E-state index in [0.717, 1.165) is 6.07 Å². The molecule has 0 saturated heterocycles. The van der Waals surface area contributed by atoms with Crippen molar-refractivity contribution in [3.05, 3.63) is 34.1 Å². The molecule has 0 fully saturated rings. The standard InChI is InChI=1S/C7H3BrClFO/c8-5-1-4(7(9)11)2-6(10)3-5/h1-3H. The van der Waals surface area contributed by atoms with Crippen LogP contribution in [0.2, 0.25) is 0 Å². The lowest BCUT2D eigenvalue weighted by Gasteiger charge is -1.94. The monoisotopic (exact) mass is 236 g/mol. The molecule has 1 aromatic carbocycles. The molecule has 0 aliphatic carbocycles. The van der Waals surface area contributed by atoms with Gasteiger partial charge in [-0.15, -0.1) is 0 Å². The third-order valence-electron chi connectivity index (χ3n) is 1.09. The van der Waals surface area contributed by atoms with Crippen molar-refractivity contribution < 1.29 is 9.18 Å². The Hall–Kier alpha value is -0.410. The summed E-state index contributed by atoms with van der Waals surface area (Å²) in [6.07, 6.45) is 0. The van der Waals surface area contributed by atoms with Crippen molar-refractivity contribution >= 4 is 32.8 Å². The normalized spacial score (nSPS) is 9.73. The average Bonchev–Trinajstić information content (AvgIpc) is 1.85. The van der Waals surface area contributed by atoms with Crippen LogP contribution in [0.1, 0.15) is 10.4 Å². The molecule has 1 nitrogen and oxygen atoms in total. The van der Waals surface area contributed by atoms with E-state index >= 15 is 0 Å². The molecule has 58 valence electrons. The minimum absolute atomic E-state index is 0.151. The van der Waals surface area contributed by atoms with Gasteiger partial charge in [-0.1, -0.05) is 15.9 Å². The van der Waals surface area contributed by atoms with Crippen LogP contribution in [-0.4, -0.2) is 5.24 Å². The van der Waals surface area contributed by atoms with Gasteiger partial charge in [0, 0.05) is 10.0 Å². The lowest BCUT2D eigenvalue weighted by molar-refractivity contribution is 0.108. The van der Waals surface area contributed by atoms with Crippen LogP contribution in [-0.2, 0) is 0 Å². The SMILES string of the molecule is O=C(Cl)c1cc(F)cc(Br)c1. The van der Waals surface area contributed by atoms with Gasteiger partial charge in [0.15, 0.2) is 0 Å². The van der Waals surface area contributed by atoms with E-state index in [1.54, 1.807) is 0 Å². The number of carbonyl (C=O) groups excluding carboxylic acids is 1. The van der Waals surface area contributed by atoms with Gasteiger partial charge in [-0.25, -0.2) is 4.39 Å². The Labute approximate surface area is 76.3 Å². The van der Waals surface area contributed by atoms with E-state index in [1.165, 1.54) is 12.1 Å². The van der Waals surface area contributed by atoms with Crippen LogP contribution in [0.25, 0.3) is 0 Å². The smallest absolute Gasteiger partial charge is 0.252 e. The lowest BCUT2D eigenvalue weighted by atomic mass is 10.2. The highest BCUT2D eigenvalue weighted by Crippen LogP contribution is 2.15. The molecular weight excluding hydrogens is 234 g/mol. The highest BCUT2D eigenvalue weighted by molar-refractivity contribution is 9.10. The summed E-state index contributed by atoms with van der Waals surface area (Å²) in [7, 11) is 0. The van der Waals surface area contributed by atoms with Gasteiger partial charge in [0.25, 0.3) is 5.24 Å². The summed E-state index contributed by atoms with van der Waals surface area (Å²) in [4.78, 5) is 10.5. The zero-order chi connectivity index (χ0) is 8.43. The molecule has 0 saturated carbocycles. The Bertz CT molecular complexity index is 280. The zero-order valence-corrected chi connectivity index (χ0v) is 7.62. The third kappa shape index (κ3) is 2.27. The van der Waals surface area contributed by atoms with E-state index in [9.17, 15) is 9.18 Å². The summed E-state index contributed by atoms with van der Waals surface area (Å²) >= 11 is 8.15. The first-order valence-corrected chi connectivity index (χ1v) is 3.92. The van der Waals surface area contributed by atoms with Gasteiger partial charge in [-0.2, -0.15) is 0 Å². The Morgan fingerprint density at radius 1 is 1.45 bits per heavy atom. The van der Waals surface area contributed by atoms with Crippen LogP contribution in [0.3, 0.4) is 0 Å². The molecule has 0 amide bonds. The van der Waals surface area contributed by atoms with Crippen LogP contribution in [0.5, 0.6) is 0 Å². The topological polar surface area (TPSA) is 17.1 Å². The quantitative estimate of drug-likeness (QED) is 0.686. The molecule has 0 unspecified atom stereocenters. The van der Waals surface area contributed by atoms with Crippen LogP contribution in [0.15, 0.2) is 22.7 Å². The minimum Gasteiger partial charge on any atom is -0.276 e. The van der Waals surface area contributed by atoms with E-state index in [2.05, 4.69) is 15.9 Å². The van der Waals surface area contributed by atoms with Gasteiger partial charge in [-0.3, -0.25) is 4.79 Å². The summed E-state index contributed by atoms with van der Waals surface area (Å²) in [5.41, 5.74) is 0.151. The Morgan fingerprint density at radius 2 is 2.09 bits per heavy atom. The fraction of sp³-hybridized carbons (Fsp3) is 0. The van der Waals surface area contributed by atoms with E-state index in [-0.39, 0.29) is 5.56 Å². The Kier molecular flexibility index (Phi) is 2.62. The van der Waals surface area contributed by atoms with E-state index in [0.29, 0.717) is 4.47 Å². The molecule has 0 aliphatic rings. The predicted octanol–water partition coefficient (Wildman–Crippen LogP) is 2.97. The summed E-state index contributed by atoms with van der Waals surface area (Å²) in [5, 5.41) is -0.662. The summed E-state index contributed by atoms with van der Waals surface area (Å²) < 4.78 is 13.0. The second-order valence-corrected chi connectivity index (χ2v) is 3.19. The van der Waals surface area contributed by atoms with Crippen molar-refractivity contribution in [3.8, 4) is 0 Å². The average molecular weight is 237 g/mol. The first-order valence-electron chi connectivity index (χ1n) is 2.75. The molecule has 11 heavy (non-hydrogen) atoms. The number of hydrogen-bond acceptors (Lipinski definition) is 1. The fourth-order valence-electron chi connectivity index (χ4n) is 0.667. The molecule has 4 heteroatoms. The second kappa shape index (κ2) is 3.32. The van der Waals surface area contributed by atoms with Crippen molar-refractivity contribution in [2.45, 2.75) is 0 Å². The molecule has 0 bridgehead atoms. The molecular formula is C7H3BrClFO. The molecule has 0 radical (unpaired) electrons. The van der Waals surface area contributed by atoms with Gasteiger partial charge in [0.1, 0.15) is 5.82 Å². The highest BCUT2D eigenvalue weighted by atomic mass is 79.9. The fourth-order valence-corrected chi connectivity index (χ4v) is 1.24. The number of carbonyl (C=O) groups is 1. The van der Waals surface area contributed by atoms with Crippen molar-refractivity contribution in [2.24, 2.45) is 0 Å². The van der Waals surface area contributed by atoms with E-state index in [1.807, 2.05) is 0 Å². The van der Waals surface area contributed by atoms with Gasteiger partial charge >= 0.3 is 0 Å². The van der Waals surface area contributed by atoms with E-state index in [4.69, 9.17) is 11.6 Å². The second-order valence-electron chi connectivity index (χ2n) is 1.93. The minimum atomic E-state index is -0.662. The van der Waals surface area contributed by atoms with Crippen LogP contribution >= 0.6 is 27.5 Å². The predicted molar refractivity (Wildman–Crippen MR) is 44.3 cm³/mol. The van der Waals surface area contributed by atoms with Crippen LogP contribution in [0.4, 0.5) is 4.39 Å². The molecule has 0 N–H and O–H groups in total. The molecule has 1 aromatic rings. The summed E-state index contributed by atoms with van der Waals surface area (Å²) in [6.45, 7) is 0. The summed E-state index contributed by atoms with van der Waals surface area (Å²) in [5.74, 6) is -0.483. The van der Waals surface area contributed by atoms with Crippen LogP contribution in [0, 0.1) is 5.82 Å². The summed E-state index contributed by atoms with van der Waals surface area (Å²) in [6, 6.07) is 3.79. The molecule has 1 rings (SSSR count). The maximum absolute atomic E-state index is 12.5. The third-order valence-corrected chi connectivity index (χ3v) is 1.77. The molecule has 0 heterocycles. The van der Waals surface area contributed by atoms with Crippen molar-refractivity contribution in [3.63, 3.8) is 0 Å². The molecule has 0 aromatic heterocycles. The first kappa shape index (κ1) is 8.68. The Balaban J connectivity index is 3.19. The first-order chi connectivity index (χ1) is 5.09. The highest BCUT2D eigenvalue weighted by Gasteiger charge is 2.03. The Morgan fingerprint density at radius 3 is 2.55 bits per heavy atom. The molecule has 0 aliphatic heterocycles. The van der Waals surface area contributed by atoms with Crippen LogP contribution < -0.4 is 0 Å². The van der Waals surface area contributed by atoms with Gasteiger partial charge in [0.2, 0.25) is 0 Å². The number of hydrogen-bond donors (Lipinski definition) is 0.